The third kappa shape index (κ3) is 1.81. The first-order chi connectivity index (χ1) is 7.65. The second-order valence-corrected chi connectivity index (χ2v) is 4.29. The van der Waals surface area contributed by atoms with E-state index >= 15 is 0 Å². The highest BCUT2D eigenvalue weighted by Gasteiger charge is 2.23. The fourth-order valence-electron chi connectivity index (χ4n) is 1.44. The molecule has 0 amide bonds. The molecule has 2 aromatic heterocycles. The van der Waals surface area contributed by atoms with Gasteiger partial charge in [-0.05, 0) is 28.9 Å². The molecule has 16 heavy (non-hydrogen) atoms. The monoisotopic (exact) mass is 303 g/mol. The average molecular weight is 305 g/mol. The fourth-order valence-corrected chi connectivity index (χ4v) is 2.44. The summed E-state index contributed by atoms with van der Waals surface area (Å²) in [5.41, 5.74) is 1.07. The first kappa shape index (κ1) is 11.4. The molecule has 0 aliphatic rings. The summed E-state index contributed by atoms with van der Waals surface area (Å²) in [6, 6.07) is 1.79. The van der Waals surface area contributed by atoms with Crippen LogP contribution in [0.1, 0.15) is 17.3 Å². The summed E-state index contributed by atoms with van der Waals surface area (Å²) < 4.78 is 5.44. The molecule has 0 atom stereocenters. The van der Waals surface area contributed by atoms with E-state index in [1.807, 2.05) is 0 Å². The van der Waals surface area contributed by atoms with E-state index in [-0.39, 0.29) is 0 Å². The van der Waals surface area contributed by atoms with Crippen molar-refractivity contribution in [1.82, 2.24) is 4.98 Å². The fraction of sp³-hybridized carbons (Fsp3) is 0.200. The number of hydrogen-bond acceptors (Lipinski definition) is 2. The molecule has 0 bridgehead atoms. The molecule has 0 radical (unpaired) electrons. The summed E-state index contributed by atoms with van der Waals surface area (Å²) in [6.07, 6.45) is 1.74. The summed E-state index contributed by atoms with van der Waals surface area (Å²) in [5, 5.41) is 1.13. The topological polar surface area (TPSA) is 56.2 Å². The second-order valence-electron chi connectivity index (χ2n) is 3.11. The van der Waals surface area contributed by atoms with E-state index in [1.54, 1.807) is 19.2 Å². The maximum absolute atomic E-state index is 11.7. The van der Waals surface area contributed by atoms with E-state index in [0.29, 0.717) is 21.8 Å². The van der Waals surface area contributed by atoms with E-state index in [1.165, 1.54) is 0 Å². The Morgan fingerprint density at radius 1 is 1.69 bits per heavy atom. The Morgan fingerprint density at radius 2 is 2.44 bits per heavy atom. The van der Waals surface area contributed by atoms with Gasteiger partial charge in [-0.3, -0.25) is 0 Å². The van der Waals surface area contributed by atoms with Gasteiger partial charge in [-0.25, -0.2) is 14.8 Å². The molecule has 0 saturated carbocycles. The molecular formula is C10H9BrClN2O2+. The van der Waals surface area contributed by atoms with Gasteiger partial charge in [-0.15, -0.1) is 0 Å². The highest BCUT2D eigenvalue weighted by atomic mass is 79.9. The van der Waals surface area contributed by atoms with E-state index in [2.05, 4.69) is 25.9 Å². The number of aromatic amines is 2. The van der Waals surface area contributed by atoms with Gasteiger partial charge >= 0.3 is 5.97 Å². The third-order valence-corrected chi connectivity index (χ3v) is 3.12. The van der Waals surface area contributed by atoms with Gasteiger partial charge in [-0.1, -0.05) is 11.6 Å². The quantitative estimate of drug-likeness (QED) is 0.685. The van der Waals surface area contributed by atoms with Crippen molar-refractivity contribution in [2.45, 2.75) is 6.92 Å². The van der Waals surface area contributed by atoms with Gasteiger partial charge in [0.2, 0.25) is 0 Å². The van der Waals surface area contributed by atoms with Crippen LogP contribution in [0.3, 0.4) is 0 Å². The summed E-state index contributed by atoms with van der Waals surface area (Å²) in [4.78, 5) is 17.7. The first-order valence-corrected chi connectivity index (χ1v) is 5.86. The molecule has 0 aromatic carbocycles. The van der Waals surface area contributed by atoms with Crippen molar-refractivity contribution in [3.8, 4) is 0 Å². The molecule has 0 aliphatic carbocycles. The minimum atomic E-state index is -0.446. The number of halogens is 2. The zero-order chi connectivity index (χ0) is 11.7. The van der Waals surface area contributed by atoms with Crippen LogP contribution in [0.15, 0.2) is 16.9 Å². The highest BCUT2D eigenvalue weighted by Crippen LogP contribution is 2.28. The van der Waals surface area contributed by atoms with Crippen molar-refractivity contribution in [3.05, 3.63) is 27.5 Å². The van der Waals surface area contributed by atoms with Gasteiger partial charge in [-0.2, -0.15) is 0 Å². The zero-order valence-corrected chi connectivity index (χ0v) is 10.8. The Kier molecular flexibility index (Phi) is 3.16. The van der Waals surface area contributed by atoms with Crippen LogP contribution >= 0.6 is 27.5 Å². The molecule has 2 heterocycles. The number of nitrogens with one attached hydrogen (secondary N) is 2. The average Bonchev–Trinajstić information content (AvgIpc) is 2.66. The summed E-state index contributed by atoms with van der Waals surface area (Å²) >= 11 is 9.41. The molecule has 2 N–H and O–H groups in total. The SMILES string of the molecule is CCOC(=O)c1c(Br)[nH+]c2[nH]ccc2c1Cl. The van der Waals surface area contributed by atoms with Crippen LogP contribution in [0.5, 0.6) is 0 Å². The number of ether oxygens (including phenoxy) is 1. The molecule has 4 nitrogen and oxygen atoms in total. The lowest BCUT2D eigenvalue weighted by Gasteiger charge is -2.04. The van der Waals surface area contributed by atoms with Crippen LogP contribution in [0.4, 0.5) is 0 Å². The molecule has 0 fully saturated rings. The lowest BCUT2D eigenvalue weighted by Crippen LogP contribution is -2.15. The Balaban J connectivity index is 2.63. The Morgan fingerprint density at radius 3 is 3.12 bits per heavy atom. The molecule has 0 saturated heterocycles. The molecule has 0 unspecified atom stereocenters. The highest BCUT2D eigenvalue weighted by molar-refractivity contribution is 9.10. The van der Waals surface area contributed by atoms with Gasteiger partial charge in [0.1, 0.15) is 5.56 Å². The van der Waals surface area contributed by atoms with Crippen molar-refractivity contribution in [2.24, 2.45) is 0 Å². The number of carbonyl (C=O) groups excluding carboxylic acids is 1. The normalized spacial score (nSPS) is 10.7. The van der Waals surface area contributed by atoms with Gasteiger partial charge in [0.15, 0.2) is 4.60 Å². The largest absolute Gasteiger partial charge is 0.462 e. The Bertz CT molecular complexity index is 553. The number of H-pyrrole nitrogens is 2. The maximum atomic E-state index is 11.7. The van der Waals surface area contributed by atoms with Crippen LogP contribution in [0.2, 0.25) is 5.02 Å². The summed E-state index contributed by atoms with van der Waals surface area (Å²) in [7, 11) is 0. The van der Waals surface area contributed by atoms with Gasteiger partial charge in [0.25, 0.3) is 5.65 Å². The molecule has 2 rings (SSSR count). The predicted octanol–water partition coefficient (Wildman–Crippen LogP) is 2.57. The van der Waals surface area contributed by atoms with Crippen molar-refractivity contribution < 1.29 is 14.5 Å². The van der Waals surface area contributed by atoms with Crippen LogP contribution in [0, 0.1) is 0 Å². The molecule has 2 aromatic rings. The predicted molar refractivity (Wildman–Crippen MR) is 63.5 cm³/mol. The minimum Gasteiger partial charge on any atom is -0.462 e. The number of esters is 1. The summed E-state index contributed by atoms with van der Waals surface area (Å²) in [5.74, 6) is -0.446. The van der Waals surface area contributed by atoms with Crippen molar-refractivity contribution in [1.29, 1.82) is 0 Å². The van der Waals surface area contributed by atoms with Crippen molar-refractivity contribution in [3.63, 3.8) is 0 Å². The molecular weight excluding hydrogens is 295 g/mol. The maximum Gasteiger partial charge on any atom is 0.344 e. The Hall–Kier alpha value is -1.07. The van der Waals surface area contributed by atoms with E-state index in [0.717, 1.165) is 11.0 Å². The number of fused-ring (bicyclic) bond motifs is 1. The molecule has 6 heteroatoms. The number of rotatable bonds is 2. The van der Waals surface area contributed by atoms with Gasteiger partial charge in [0.05, 0.1) is 23.2 Å². The standard InChI is InChI=1S/C10H8BrClN2O2/c1-2-16-10(15)6-7(12)5-3-4-13-9(5)14-8(6)11/h3-4H,2H2,1H3,(H,13,14)/p+1. The van der Waals surface area contributed by atoms with E-state index < -0.39 is 5.97 Å². The Labute approximate surface area is 105 Å². The second kappa shape index (κ2) is 4.43. The lowest BCUT2D eigenvalue weighted by molar-refractivity contribution is -0.362. The van der Waals surface area contributed by atoms with Crippen LogP contribution in [-0.2, 0) is 4.74 Å². The zero-order valence-electron chi connectivity index (χ0n) is 8.43. The van der Waals surface area contributed by atoms with Crippen molar-refractivity contribution in [2.75, 3.05) is 6.61 Å². The van der Waals surface area contributed by atoms with Crippen LogP contribution < -0.4 is 4.98 Å². The van der Waals surface area contributed by atoms with Gasteiger partial charge < -0.3 is 4.74 Å². The molecule has 0 aliphatic heterocycles. The summed E-state index contributed by atoms with van der Waals surface area (Å²) in [6.45, 7) is 2.06. The first-order valence-electron chi connectivity index (χ1n) is 4.69. The number of aromatic nitrogens is 2. The van der Waals surface area contributed by atoms with Crippen LogP contribution in [-0.4, -0.2) is 17.6 Å². The smallest absolute Gasteiger partial charge is 0.344 e. The molecule has 84 valence electrons. The van der Waals surface area contributed by atoms with Crippen LogP contribution in [0.25, 0.3) is 11.0 Å². The van der Waals surface area contributed by atoms with E-state index in [4.69, 9.17) is 16.3 Å². The van der Waals surface area contributed by atoms with E-state index in [9.17, 15) is 4.79 Å². The molecule has 0 spiro atoms. The lowest BCUT2D eigenvalue weighted by atomic mass is 10.2. The minimum absolute atomic E-state index is 0.312. The van der Waals surface area contributed by atoms with Gasteiger partial charge in [0, 0.05) is 0 Å². The van der Waals surface area contributed by atoms with Crippen molar-refractivity contribution >= 4 is 44.5 Å². The third-order valence-electron chi connectivity index (χ3n) is 2.14. The number of hydrogen-bond donors (Lipinski definition) is 1. The number of carbonyl (C=O) groups is 1. The number of pyridine rings is 1.